The second-order valence-electron chi connectivity index (χ2n) is 7.42. The molecule has 2 saturated heterocycles. The lowest BCUT2D eigenvalue weighted by atomic mass is 10.1. The second-order valence-corrected chi connectivity index (χ2v) is 7.42. The first kappa shape index (κ1) is 21.4. The molecule has 1 N–H and O–H groups in total. The molecule has 0 saturated carbocycles. The SMILES string of the molecule is CCN1CCN(C(C)CNC(=NC)N2CCC(COCCOC)C2)CC1. The molecule has 0 aromatic carbocycles. The number of rotatable bonds is 9. The Hall–Kier alpha value is -0.890. The third-order valence-corrected chi connectivity index (χ3v) is 5.62. The zero-order chi connectivity index (χ0) is 18.8. The Balaban J connectivity index is 1.67. The molecule has 0 radical (unpaired) electrons. The second kappa shape index (κ2) is 11.7. The predicted octanol–water partition coefficient (Wildman–Crippen LogP) is 0.573. The zero-order valence-electron chi connectivity index (χ0n) is 17.2. The summed E-state index contributed by atoms with van der Waals surface area (Å²) >= 11 is 0. The molecule has 0 amide bonds. The van der Waals surface area contributed by atoms with Crippen LogP contribution >= 0.6 is 0 Å². The van der Waals surface area contributed by atoms with Crippen LogP contribution in [0.1, 0.15) is 20.3 Å². The topological polar surface area (TPSA) is 52.6 Å². The van der Waals surface area contributed by atoms with Crippen LogP contribution in [0.4, 0.5) is 0 Å². The summed E-state index contributed by atoms with van der Waals surface area (Å²) in [7, 11) is 3.59. The van der Waals surface area contributed by atoms with Gasteiger partial charge in [0.25, 0.3) is 0 Å². The van der Waals surface area contributed by atoms with Crippen molar-refractivity contribution in [1.29, 1.82) is 0 Å². The molecule has 2 atom stereocenters. The van der Waals surface area contributed by atoms with E-state index in [1.54, 1.807) is 7.11 Å². The molecule has 26 heavy (non-hydrogen) atoms. The van der Waals surface area contributed by atoms with Gasteiger partial charge in [-0.3, -0.25) is 9.89 Å². The number of nitrogens with zero attached hydrogens (tertiary/aromatic N) is 4. The largest absolute Gasteiger partial charge is 0.382 e. The minimum Gasteiger partial charge on any atom is -0.382 e. The van der Waals surface area contributed by atoms with Crippen molar-refractivity contribution in [3.63, 3.8) is 0 Å². The summed E-state index contributed by atoms with van der Waals surface area (Å²) < 4.78 is 10.7. The van der Waals surface area contributed by atoms with Gasteiger partial charge in [0, 0.05) is 71.9 Å². The Morgan fingerprint density at radius 2 is 1.96 bits per heavy atom. The summed E-state index contributed by atoms with van der Waals surface area (Å²) in [5.41, 5.74) is 0. The van der Waals surface area contributed by atoms with Gasteiger partial charge in [0.2, 0.25) is 0 Å². The number of hydrogen-bond donors (Lipinski definition) is 1. The van der Waals surface area contributed by atoms with Crippen molar-refractivity contribution in [3.8, 4) is 0 Å². The lowest BCUT2D eigenvalue weighted by molar-refractivity contribution is 0.0536. The molecular weight excluding hydrogens is 330 g/mol. The molecule has 2 fully saturated rings. The molecule has 0 spiro atoms. The van der Waals surface area contributed by atoms with Crippen LogP contribution in [0, 0.1) is 5.92 Å². The molecule has 7 heteroatoms. The average Bonchev–Trinajstić information content (AvgIpc) is 3.14. The molecule has 2 unspecified atom stereocenters. The number of guanidine groups is 1. The first-order chi connectivity index (χ1) is 12.7. The van der Waals surface area contributed by atoms with Crippen molar-refractivity contribution in [3.05, 3.63) is 0 Å². The Kier molecular flexibility index (Phi) is 9.67. The van der Waals surface area contributed by atoms with Gasteiger partial charge in [-0.1, -0.05) is 6.92 Å². The quantitative estimate of drug-likeness (QED) is 0.364. The molecule has 2 aliphatic heterocycles. The first-order valence-corrected chi connectivity index (χ1v) is 10.2. The minimum atomic E-state index is 0.529. The van der Waals surface area contributed by atoms with Crippen molar-refractivity contribution in [2.24, 2.45) is 10.9 Å². The normalized spacial score (nSPS) is 24.2. The number of hydrogen-bond acceptors (Lipinski definition) is 5. The molecule has 7 nitrogen and oxygen atoms in total. The van der Waals surface area contributed by atoms with Gasteiger partial charge < -0.3 is 24.6 Å². The van der Waals surface area contributed by atoms with Crippen LogP contribution < -0.4 is 5.32 Å². The molecule has 0 aromatic heterocycles. The number of likely N-dealkylation sites (N-methyl/N-ethyl adjacent to an activating group) is 1. The maximum atomic E-state index is 5.69. The van der Waals surface area contributed by atoms with E-state index >= 15 is 0 Å². The number of ether oxygens (including phenoxy) is 2. The number of likely N-dealkylation sites (tertiary alicyclic amines) is 1. The van der Waals surface area contributed by atoms with Crippen LogP contribution in [0.25, 0.3) is 0 Å². The molecule has 2 rings (SSSR count). The van der Waals surface area contributed by atoms with Gasteiger partial charge in [0.15, 0.2) is 5.96 Å². The highest BCUT2D eigenvalue weighted by molar-refractivity contribution is 5.80. The highest BCUT2D eigenvalue weighted by Gasteiger charge is 2.26. The van der Waals surface area contributed by atoms with Gasteiger partial charge in [-0.2, -0.15) is 0 Å². The Labute approximate surface area is 159 Å². The van der Waals surface area contributed by atoms with Gasteiger partial charge in [-0.05, 0) is 19.9 Å². The molecule has 0 bridgehead atoms. The number of aliphatic imine (C=N–C) groups is 1. The van der Waals surface area contributed by atoms with E-state index in [4.69, 9.17) is 9.47 Å². The monoisotopic (exact) mass is 369 g/mol. The first-order valence-electron chi connectivity index (χ1n) is 10.2. The van der Waals surface area contributed by atoms with Gasteiger partial charge >= 0.3 is 0 Å². The summed E-state index contributed by atoms with van der Waals surface area (Å²) in [6.45, 7) is 15.6. The van der Waals surface area contributed by atoms with E-state index in [2.05, 4.69) is 38.9 Å². The molecule has 0 aromatic rings. The molecule has 2 aliphatic rings. The fourth-order valence-corrected chi connectivity index (χ4v) is 3.77. The van der Waals surface area contributed by atoms with E-state index in [1.807, 2.05) is 7.05 Å². The maximum Gasteiger partial charge on any atom is 0.193 e. The van der Waals surface area contributed by atoms with Crippen molar-refractivity contribution in [1.82, 2.24) is 20.0 Å². The summed E-state index contributed by atoms with van der Waals surface area (Å²) in [5, 5.41) is 3.59. The van der Waals surface area contributed by atoms with Crippen molar-refractivity contribution < 1.29 is 9.47 Å². The van der Waals surface area contributed by atoms with E-state index in [1.165, 1.54) is 39.1 Å². The van der Waals surface area contributed by atoms with E-state index < -0.39 is 0 Å². The smallest absolute Gasteiger partial charge is 0.193 e. The van der Waals surface area contributed by atoms with Crippen LogP contribution in [0.2, 0.25) is 0 Å². The Morgan fingerprint density at radius 1 is 1.19 bits per heavy atom. The Morgan fingerprint density at radius 3 is 2.62 bits per heavy atom. The van der Waals surface area contributed by atoms with Crippen LogP contribution in [0.5, 0.6) is 0 Å². The van der Waals surface area contributed by atoms with E-state index in [-0.39, 0.29) is 0 Å². The molecule has 0 aliphatic carbocycles. The highest BCUT2D eigenvalue weighted by atomic mass is 16.5. The number of nitrogens with one attached hydrogen (secondary N) is 1. The lowest BCUT2D eigenvalue weighted by Crippen LogP contribution is -2.53. The van der Waals surface area contributed by atoms with E-state index in [9.17, 15) is 0 Å². The summed E-state index contributed by atoms with van der Waals surface area (Å²) in [6, 6.07) is 0.529. The van der Waals surface area contributed by atoms with Crippen LogP contribution in [0.15, 0.2) is 4.99 Å². The predicted molar refractivity (Wildman–Crippen MR) is 107 cm³/mol. The fraction of sp³-hybridized carbons (Fsp3) is 0.947. The standard InChI is InChI=1S/C19H39N5O2/c1-5-22-8-10-23(11-9-22)17(2)14-21-19(20-3)24-7-6-18(15-24)16-26-13-12-25-4/h17-18H,5-16H2,1-4H3,(H,20,21). The Bertz CT molecular complexity index is 413. The third kappa shape index (κ3) is 6.68. The van der Waals surface area contributed by atoms with Gasteiger partial charge in [0.1, 0.15) is 0 Å². The van der Waals surface area contributed by atoms with Crippen molar-refractivity contribution in [2.75, 3.05) is 86.3 Å². The number of methoxy groups -OCH3 is 1. The van der Waals surface area contributed by atoms with Crippen molar-refractivity contribution in [2.45, 2.75) is 26.3 Å². The van der Waals surface area contributed by atoms with Gasteiger partial charge in [0.05, 0.1) is 19.8 Å². The number of piperazine rings is 1. The molecule has 2 heterocycles. The summed E-state index contributed by atoms with van der Waals surface area (Å²) in [5.74, 6) is 1.62. The average molecular weight is 370 g/mol. The van der Waals surface area contributed by atoms with Crippen LogP contribution in [-0.4, -0.2) is 113 Å². The molecular formula is C19H39N5O2. The van der Waals surface area contributed by atoms with Gasteiger partial charge in [-0.15, -0.1) is 0 Å². The third-order valence-electron chi connectivity index (χ3n) is 5.62. The highest BCUT2D eigenvalue weighted by Crippen LogP contribution is 2.16. The van der Waals surface area contributed by atoms with E-state index in [0.29, 0.717) is 25.2 Å². The fourth-order valence-electron chi connectivity index (χ4n) is 3.77. The van der Waals surface area contributed by atoms with E-state index in [0.717, 1.165) is 32.2 Å². The summed E-state index contributed by atoms with van der Waals surface area (Å²) in [4.78, 5) is 12.0. The summed E-state index contributed by atoms with van der Waals surface area (Å²) in [6.07, 6.45) is 1.17. The zero-order valence-corrected chi connectivity index (χ0v) is 17.2. The molecule has 152 valence electrons. The lowest BCUT2D eigenvalue weighted by Gasteiger charge is -2.38. The van der Waals surface area contributed by atoms with Crippen LogP contribution in [0.3, 0.4) is 0 Å². The van der Waals surface area contributed by atoms with Crippen LogP contribution in [-0.2, 0) is 9.47 Å². The maximum absolute atomic E-state index is 5.69. The minimum absolute atomic E-state index is 0.529. The van der Waals surface area contributed by atoms with Gasteiger partial charge in [-0.25, -0.2) is 0 Å². The van der Waals surface area contributed by atoms with Crippen molar-refractivity contribution >= 4 is 5.96 Å².